The maximum absolute atomic E-state index is 2.71. The SMILES string of the molecule is c1ccc(N2CCCN3CCCCC3C2)cc1. The summed E-state index contributed by atoms with van der Waals surface area (Å²) in [6.45, 7) is 5.07. The molecule has 0 spiro atoms. The quantitative estimate of drug-likeness (QED) is 0.732. The molecule has 0 saturated carbocycles. The van der Waals surface area contributed by atoms with E-state index in [1.54, 1.807) is 0 Å². The molecule has 0 radical (unpaired) electrons. The lowest BCUT2D eigenvalue weighted by Crippen LogP contribution is -2.44. The van der Waals surface area contributed by atoms with Crippen molar-refractivity contribution >= 4 is 5.69 Å². The van der Waals surface area contributed by atoms with Crippen LogP contribution in [-0.2, 0) is 0 Å². The Balaban J connectivity index is 1.74. The number of para-hydroxylation sites is 1. The van der Waals surface area contributed by atoms with Gasteiger partial charge in [0.25, 0.3) is 0 Å². The molecule has 2 aliphatic heterocycles. The fraction of sp³-hybridized carbons (Fsp3) is 0.600. The third-order valence-electron chi connectivity index (χ3n) is 4.17. The summed E-state index contributed by atoms with van der Waals surface area (Å²) in [5.41, 5.74) is 1.40. The van der Waals surface area contributed by atoms with Crippen LogP contribution in [0.2, 0.25) is 0 Å². The summed E-state index contributed by atoms with van der Waals surface area (Å²) in [5, 5.41) is 0. The molecule has 0 aliphatic carbocycles. The maximum atomic E-state index is 2.71. The first-order valence-electron chi connectivity index (χ1n) is 6.97. The van der Waals surface area contributed by atoms with E-state index in [-0.39, 0.29) is 0 Å². The van der Waals surface area contributed by atoms with Gasteiger partial charge < -0.3 is 4.90 Å². The molecular formula is C15H22N2. The fourth-order valence-corrected chi connectivity index (χ4v) is 3.24. The summed E-state index contributed by atoms with van der Waals surface area (Å²) in [5.74, 6) is 0. The minimum absolute atomic E-state index is 0.798. The highest BCUT2D eigenvalue weighted by Gasteiger charge is 2.26. The predicted octanol–water partition coefficient (Wildman–Crippen LogP) is 2.75. The molecule has 92 valence electrons. The highest BCUT2D eigenvalue weighted by atomic mass is 15.2. The zero-order valence-electron chi connectivity index (χ0n) is 10.5. The van der Waals surface area contributed by atoms with E-state index in [9.17, 15) is 0 Å². The molecular weight excluding hydrogens is 208 g/mol. The lowest BCUT2D eigenvalue weighted by atomic mass is 10.0. The molecule has 2 saturated heterocycles. The number of hydrogen-bond acceptors (Lipinski definition) is 2. The third kappa shape index (κ3) is 2.47. The van der Waals surface area contributed by atoms with E-state index in [0.717, 1.165) is 6.04 Å². The molecule has 0 amide bonds. The van der Waals surface area contributed by atoms with Gasteiger partial charge in [0, 0.05) is 31.4 Å². The molecule has 2 heteroatoms. The van der Waals surface area contributed by atoms with E-state index in [4.69, 9.17) is 0 Å². The van der Waals surface area contributed by atoms with Crippen molar-refractivity contribution in [1.29, 1.82) is 0 Å². The number of fused-ring (bicyclic) bond motifs is 1. The molecule has 0 aromatic heterocycles. The first-order chi connectivity index (χ1) is 8.43. The Labute approximate surface area is 104 Å². The summed E-state index contributed by atoms with van der Waals surface area (Å²) in [6.07, 6.45) is 5.53. The van der Waals surface area contributed by atoms with Crippen molar-refractivity contribution in [2.24, 2.45) is 0 Å². The highest BCUT2D eigenvalue weighted by molar-refractivity contribution is 5.46. The number of rotatable bonds is 1. The Kier molecular flexibility index (Phi) is 3.32. The summed E-state index contributed by atoms with van der Waals surface area (Å²) in [7, 11) is 0. The Morgan fingerprint density at radius 1 is 0.882 bits per heavy atom. The Hall–Kier alpha value is -1.02. The topological polar surface area (TPSA) is 6.48 Å². The van der Waals surface area contributed by atoms with Crippen molar-refractivity contribution in [2.75, 3.05) is 31.1 Å². The molecule has 0 bridgehead atoms. The van der Waals surface area contributed by atoms with Crippen molar-refractivity contribution in [1.82, 2.24) is 4.90 Å². The van der Waals surface area contributed by atoms with Crippen LogP contribution >= 0.6 is 0 Å². The van der Waals surface area contributed by atoms with Crippen LogP contribution < -0.4 is 4.90 Å². The van der Waals surface area contributed by atoms with Gasteiger partial charge in [-0.05, 0) is 37.9 Å². The molecule has 1 atom stereocenters. The minimum atomic E-state index is 0.798. The average molecular weight is 230 g/mol. The Morgan fingerprint density at radius 2 is 1.71 bits per heavy atom. The van der Waals surface area contributed by atoms with Gasteiger partial charge >= 0.3 is 0 Å². The monoisotopic (exact) mass is 230 g/mol. The molecule has 17 heavy (non-hydrogen) atoms. The second kappa shape index (κ2) is 5.09. The zero-order valence-corrected chi connectivity index (χ0v) is 10.5. The molecule has 0 N–H and O–H groups in total. The van der Waals surface area contributed by atoms with Crippen LogP contribution in [0.25, 0.3) is 0 Å². The molecule has 2 aliphatic rings. The molecule has 2 nitrogen and oxygen atoms in total. The van der Waals surface area contributed by atoms with Gasteiger partial charge in [0.05, 0.1) is 0 Å². The largest absolute Gasteiger partial charge is 0.370 e. The number of piperidine rings is 1. The fourth-order valence-electron chi connectivity index (χ4n) is 3.24. The van der Waals surface area contributed by atoms with Crippen molar-refractivity contribution < 1.29 is 0 Å². The van der Waals surface area contributed by atoms with Gasteiger partial charge in [-0.3, -0.25) is 4.90 Å². The van der Waals surface area contributed by atoms with E-state index in [1.165, 1.54) is 57.5 Å². The second-order valence-electron chi connectivity index (χ2n) is 5.32. The van der Waals surface area contributed by atoms with Gasteiger partial charge in [0.15, 0.2) is 0 Å². The third-order valence-corrected chi connectivity index (χ3v) is 4.17. The van der Waals surface area contributed by atoms with E-state index in [2.05, 4.69) is 40.1 Å². The summed E-state index contributed by atoms with van der Waals surface area (Å²) >= 11 is 0. The van der Waals surface area contributed by atoms with Crippen LogP contribution in [0, 0.1) is 0 Å². The Morgan fingerprint density at radius 3 is 2.59 bits per heavy atom. The Bertz CT molecular complexity index is 349. The summed E-state index contributed by atoms with van der Waals surface area (Å²) in [6, 6.07) is 11.7. The van der Waals surface area contributed by atoms with Gasteiger partial charge in [-0.15, -0.1) is 0 Å². The maximum Gasteiger partial charge on any atom is 0.0366 e. The van der Waals surface area contributed by atoms with Gasteiger partial charge in [-0.2, -0.15) is 0 Å². The lowest BCUT2D eigenvalue weighted by Gasteiger charge is -2.35. The molecule has 2 fully saturated rings. The van der Waals surface area contributed by atoms with E-state index in [1.807, 2.05) is 0 Å². The van der Waals surface area contributed by atoms with Gasteiger partial charge in [0.1, 0.15) is 0 Å². The van der Waals surface area contributed by atoms with E-state index in [0.29, 0.717) is 0 Å². The standard InChI is InChI=1S/C15H22N2/c1-2-7-14(8-3-1)17-12-6-11-16-10-5-4-9-15(16)13-17/h1-3,7-8,15H,4-6,9-13H2. The molecule has 3 rings (SSSR count). The number of nitrogens with zero attached hydrogens (tertiary/aromatic N) is 2. The van der Waals surface area contributed by atoms with Crippen LogP contribution in [0.1, 0.15) is 25.7 Å². The van der Waals surface area contributed by atoms with Crippen molar-refractivity contribution in [3.63, 3.8) is 0 Å². The van der Waals surface area contributed by atoms with Crippen LogP contribution in [-0.4, -0.2) is 37.1 Å². The first-order valence-corrected chi connectivity index (χ1v) is 6.97. The highest BCUT2D eigenvalue weighted by Crippen LogP contribution is 2.24. The second-order valence-corrected chi connectivity index (χ2v) is 5.32. The number of hydrogen-bond donors (Lipinski definition) is 0. The van der Waals surface area contributed by atoms with Crippen LogP contribution in [0.5, 0.6) is 0 Å². The van der Waals surface area contributed by atoms with Crippen LogP contribution in [0.3, 0.4) is 0 Å². The molecule has 2 heterocycles. The molecule has 1 unspecified atom stereocenters. The molecule has 1 aromatic carbocycles. The van der Waals surface area contributed by atoms with Crippen LogP contribution in [0.15, 0.2) is 30.3 Å². The first kappa shape index (κ1) is 11.1. The summed E-state index contributed by atoms with van der Waals surface area (Å²) in [4.78, 5) is 5.29. The van der Waals surface area contributed by atoms with Gasteiger partial charge in [-0.25, -0.2) is 0 Å². The molecule has 1 aromatic rings. The van der Waals surface area contributed by atoms with Gasteiger partial charge in [-0.1, -0.05) is 24.6 Å². The van der Waals surface area contributed by atoms with E-state index >= 15 is 0 Å². The summed E-state index contributed by atoms with van der Waals surface area (Å²) < 4.78 is 0. The van der Waals surface area contributed by atoms with Crippen molar-refractivity contribution in [2.45, 2.75) is 31.7 Å². The average Bonchev–Trinajstić information content (AvgIpc) is 2.62. The van der Waals surface area contributed by atoms with E-state index < -0.39 is 0 Å². The minimum Gasteiger partial charge on any atom is -0.370 e. The predicted molar refractivity (Wildman–Crippen MR) is 72.5 cm³/mol. The number of anilines is 1. The van der Waals surface area contributed by atoms with Crippen molar-refractivity contribution in [3.05, 3.63) is 30.3 Å². The number of benzene rings is 1. The lowest BCUT2D eigenvalue weighted by molar-refractivity contribution is 0.162. The normalized spacial score (nSPS) is 26.4. The smallest absolute Gasteiger partial charge is 0.0366 e. The van der Waals surface area contributed by atoms with Crippen LogP contribution in [0.4, 0.5) is 5.69 Å². The zero-order chi connectivity index (χ0) is 11.5. The van der Waals surface area contributed by atoms with Crippen molar-refractivity contribution in [3.8, 4) is 0 Å². The van der Waals surface area contributed by atoms with Gasteiger partial charge in [0.2, 0.25) is 0 Å².